The summed E-state index contributed by atoms with van der Waals surface area (Å²) in [7, 11) is 0. The summed E-state index contributed by atoms with van der Waals surface area (Å²) in [6.07, 6.45) is 9.68. The molecule has 1 aliphatic heterocycles. The molecule has 1 saturated carbocycles. The Morgan fingerprint density at radius 1 is 1.33 bits per heavy atom. The minimum absolute atomic E-state index is 0.128. The topological polar surface area (TPSA) is 59.2 Å². The molecule has 2 aromatic rings. The zero-order valence-corrected chi connectivity index (χ0v) is 12.7. The van der Waals surface area contributed by atoms with Gasteiger partial charge in [0.2, 0.25) is 0 Å². The Hall–Kier alpha value is -1.62. The molecule has 1 aliphatic carbocycles. The quantitative estimate of drug-likeness (QED) is 0.879. The predicted molar refractivity (Wildman–Crippen MR) is 85.4 cm³/mol. The molecule has 1 amide bonds. The van der Waals surface area contributed by atoms with Gasteiger partial charge in [-0.1, -0.05) is 12.8 Å². The van der Waals surface area contributed by atoms with Crippen LogP contribution in [0.2, 0.25) is 0 Å². The molecule has 2 aromatic heterocycles. The van der Waals surface area contributed by atoms with Crippen LogP contribution in [-0.2, 0) is 0 Å². The van der Waals surface area contributed by atoms with Gasteiger partial charge in [-0.25, -0.2) is 0 Å². The fourth-order valence-electron chi connectivity index (χ4n) is 3.92. The second-order valence-electron chi connectivity index (χ2n) is 6.12. The van der Waals surface area contributed by atoms with E-state index in [0.29, 0.717) is 22.5 Å². The van der Waals surface area contributed by atoms with E-state index in [2.05, 4.69) is 9.88 Å². The van der Waals surface area contributed by atoms with Crippen LogP contribution in [0, 0.1) is 5.92 Å². The van der Waals surface area contributed by atoms with E-state index in [1.807, 2.05) is 6.07 Å². The third-order valence-electron chi connectivity index (χ3n) is 5.00. The van der Waals surface area contributed by atoms with Crippen LogP contribution in [0.1, 0.15) is 41.8 Å². The minimum Gasteiger partial charge on any atom is -0.397 e. The third-order valence-corrected chi connectivity index (χ3v) is 6.14. The van der Waals surface area contributed by atoms with Crippen molar-refractivity contribution in [2.75, 3.05) is 12.3 Å². The second-order valence-corrected chi connectivity index (χ2v) is 7.17. The molecule has 0 aromatic carbocycles. The SMILES string of the molecule is Nc1c(C(=O)N2CCC3CCCCC32)sc2cnccc12. The van der Waals surface area contributed by atoms with E-state index >= 15 is 0 Å². The first kappa shape index (κ1) is 13.1. The fraction of sp³-hybridized carbons (Fsp3) is 0.500. The van der Waals surface area contributed by atoms with Crippen LogP contribution >= 0.6 is 11.3 Å². The van der Waals surface area contributed by atoms with Crippen molar-refractivity contribution in [2.24, 2.45) is 5.92 Å². The van der Waals surface area contributed by atoms with Gasteiger partial charge in [0.05, 0.1) is 10.4 Å². The van der Waals surface area contributed by atoms with Crippen LogP contribution in [0.15, 0.2) is 18.5 Å². The molecule has 2 N–H and O–H groups in total. The maximum atomic E-state index is 12.9. The van der Waals surface area contributed by atoms with Gasteiger partial charge in [0.15, 0.2) is 0 Å². The average molecular weight is 301 g/mol. The Balaban J connectivity index is 1.68. The number of nitrogens with two attached hydrogens (primary N) is 1. The molecule has 4 nitrogen and oxygen atoms in total. The van der Waals surface area contributed by atoms with Crippen LogP contribution in [0.25, 0.3) is 10.1 Å². The van der Waals surface area contributed by atoms with Gasteiger partial charge >= 0.3 is 0 Å². The van der Waals surface area contributed by atoms with Crippen molar-refractivity contribution in [1.82, 2.24) is 9.88 Å². The molecule has 1 saturated heterocycles. The molecule has 0 radical (unpaired) electrons. The van der Waals surface area contributed by atoms with E-state index in [0.717, 1.165) is 29.5 Å². The van der Waals surface area contributed by atoms with Gasteiger partial charge in [-0.2, -0.15) is 0 Å². The highest BCUT2D eigenvalue weighted by Gasteiger charge is 2.39. The maximum absolute atomic E-state index is 12.9. The monoisotopic (exact) mass is 301 g/mol. The van der Waals surface area contributed by atoms with Crippen molar-refractivity contribution in [1.29, 1.82) is 0 Å². The summed E-state index contributed by atoms with van der Waals surface area (Å²) in [5.74, 6) is 0.836. The van der Waals surface area contributed by atoms with Crippen molar-refractivity contribution >= 4 is 33.0 Å². The number of anilines is 1. The van der Waals surface area contributed by atoms with Gasteiger partial charge in [-0.3, -0.25) is 9.78 Å². The lowest BCUT2D eigenvalue weighted by molar-refractivity contribution is 0.0696. The minimum atomic E-state index is 0.128. The van der Waals surface area contributed by atoms with Crippen molar-refractivity contribution in [2.45, 2.75) is 38.1 Å². The predicted octanol–water partition coefficient (Wildman–Crippen LogP) is 3.28. The molecule has 110 valence electrons. The molecule has 21 heavy (non-hydrogen) atoms. The number of carbonyl (C=O) groups excluding carboxylic acids is 1. The number of aromatic nitrogens is 1. The van der Waals surface area contributed by atoms with Crippen molar-refractivity contribution in [3.8, 4) is 0 Å². The smallest absolute Gasteiger partial charge is 0.266 e. The summed E-state index contributed by atoms with van der Waals surface area (Å²) >= 11 is 1.48. The molecule has 4 rings (SSSR count). The molecule has 2 fully saturated rings. The average Bonchev–Trinajstić information content (AvgIpc) is 3.09. The Morgan fingerprint density at radius 2 is 2.19 bits per heavy atom. The fourth-order valence-corrected chi connectivity index (χ4v) is 4.96. The van der Waals surface area contributed by atoms with Gasteiger partial charge in [-0.15, -0.1) is 11.3 Å². The van der Waals surface area contributed by atoms with Gasteiger partial charge in [-0.05, 0) is 31.2 Å². The van der Waals surface area contributed by atoms with Crippen molar-refractivity contribution < 1.29 is 4.79 Å². The van der Waals surface area contributed by atoms with E-state index in [1.54, 1.807) is 12.4 Å². The van der Waals surface area contributed by atoms with Crippen molar-refractivity contribution in [3.05, 3.63) is 23.3 Å². The zero-order chi connectivity index (χ0) is 14.4. The molecule has 0 bridgehead atoms. The maximum Gasteiger partial charge on any atom is 0.266 e. The highest BCUT2D eigenvalue weighted by Crippen LogP contribution is 2.39. The first-order valence-corrected chi connectivity index (χ1v) is 8.50. The van der Waals surface area contributed by atoms with E-state index in [1.165, 1.54) is 30.6 Å². The molecule has 2 atom stereocenters. The Morgan fingerprint density at radius 3 is 3.05 bits per heavy atom. The highest BCUT2D eigenvalue weighted by atomic mass is 32.1. The van der Waals surface area contributed by atoms with Gasteiger partial charge in [0.25, 0.3) is 5.91 Å². The number of rotatable bonds is 1. The lowest BCUT2D eigenvalue weighted by Crippen LogP contribution is -2.39. The summed E-state index contributed by atoms with van der Waals surface area (Å²) < 4.78 is 0.998. The number of thiophene rings is 1. The number of fused-ring (bicyclic) bond motifs is 2. The Bertz CT molecular complexity index is 696. The zero-order valence-electron chi connectivity index (χ0n) is 11.9. The number of nitrogens with zero attached hydrogens (tertiary/aromatic N) is 2. The largest absolute Gasteiger partial charge is 0.397 e. The van der Waals surface area contributed by atoms with Gasteiger partial charge in [0.1, 0.15) is 4.88 Å². The summed E-state index contributed by atoms with van der Waals surface area (Å²) in [5, 5.41) is 0.956. The van der Waals surface area contributed by atoms with Gasteiger partial charge < -0.3 is 10.6 Å². The molecule has 5 heteroatoms. The molecule has 2 aliphatic rings. The lowest BCUT2D eigenvalue weighted by atomic mass is 9.85. The first-order chi connectivity index (χ1) is 10.3. The van der Waals surface area contributed by atoms with E-state index < -0.39 is 0 Å². The number of nitrogen functional groups attached to an aromatic ring is 1. The summed E-state index contributed by atoms with van der Waals surface area (Å²) in [6.45, 7) is 0.889. The highest BCUT2D eigenvalue weighted by molar-refractivity contribution is 7.21. The van der Waals surface area contributed by atoms with Gasteiger partial charge in [0, 0.05) is 30.4 Å². The number of hydrogen-bond donors (Lipinski definition) is 1. The number of pyridine rings is 1. The number of amides is 1. The normalized spacial score (nSPS) is 25.2. The van der Waals surface area contributed by atoms with Crippen LogP contribution in [-0.4, -0.2) is 28.4 Å². The lowest BCUT2D eigenvalue weighted by Gasteiger charge is -2.31. The van der Waals surface area contributed by atoms with Crippen LogP contribution in [0.3, 0.4) is 0 Å². The number of hydrogen-bond acceptors (Lipinski definition) is 4. The number of likely N-dealkylation sites (tertiary alicyclic amines) is 1. The molecule has 0 spiro atoms. The molecule has 2 unspecified atom stereocenters. The van der Waals surface area contributed by atoms with Crippen molar-refractivity contribution in [3.63, 3.8) is 0 Å². The third kappa shape index (κ3) is 2.02. The summed E-state index contributed by atoms with van der Waals surface area (Å²) in [6, 6.07) is 2.33. The number of carbonyl (C=O) groups is 1. The van der Waals surface area contributed by atoms with Crippen LogP contribution in [0.4, 0.5) is 5.69 Å². The van der Waals surface area contributed by atoms with E-state index in [9.17, 15) is 4.79 Å². The summed E-state index contributed by atoms with van der Waals surface area (Å²) in [4.78, 5) is 19.8. The molecule has 3 heterocycles. The first-order valence-electron chi connectivity index (χ1n) is 7.68. The molecular formula is C16H19N3OS. The van der Waals surface area contributed by atoms with E-state index in [4.69, 9.17) is 5.73 Å². The standard InChI is InChI=1S/C16H19N3OS/c17-14-11-5-7-18-9-13(11)21-15(14)16(20)19-8-6-10-3-1-2-4-12(10)19/h5,7,9-10,12H,1-4,6,8,17H2. The Kier molecular flexibility index (Phi) is 3.10. The Labute approximate surface area is 128 Å². The summed E-state index contributed by atoms with van der Waals surface area (Å²) in [5.41, 5.74) is 6.84. The second kappa shape index (κ2) is 4.98. The van der Waals surface area contributed by atoms with E-state index in [-0.39, 0.29) is 5.91 Å². The molecular weight excluding hydrogens is 282 g/mol. The van der Waals surface area contributed by atoms with Crippen LogP contribution in [0.5, 0.6) is 0 Å². The van der Waals surface area contributed by atoms with Crippen LogP contribution < -0.4 is 5.73 Å².